The highest BCUT2D eigenvalue weighted by Gasteiger charge is 2.22. The highest BCUT2D eigenvalue weighted by atomic mass is 15.1. The van der Waals surface area contributed by atoms with Gasteiger partial charge >= 0.3 is 0 Å². The summed E-state index contributed by atoms with van der Waals surface area (Å²) in [6.07, 6.45) is 3.22. The molecule has 0 bridgehead atoms. The predicted octanol–water partition coefficient (Wildman–Crippen LogP) is 2.00. The van der Waals surface area contributed by atoms with E-state index in [9.17, 15) is 0 Å². The van der Waals surface area contributed by atoms with E-state index < -0.39 is 0 Å². The van der Waals surface area contributed by atoms with E-state index in [1.807, 2.05) is 14.0 Å². The van der Waals surface area contributed by atoms with Crippen molar-refractivity contribution in [2.45, 2.75) is 51.6 Å². The third-order valence-corrected chi connectivity index (χ3v) is 3.33. The van der Waals surface area contributed by atoms with Crippen molar-refractivity contribution in [2.75, 3.05) is 20.6 Å². The lowest BCUT2D eigenvalue weighted by Gasteiger charge is -2.29. The highest BCUT2D eigenvalue weighted by Crippen LogP contribution is 2.12. The fraction of sp³-hybridized carbons (Fsp3) is 0.917. The maximum atomic E-state index is 9.02. The van der Waals surface area contributed by atoms with Gasteiger partial charge in [0.1, 0.15) is 5.54 Å². The van der Waals surface area contributed by atoms with Crippen molar-refractivity contribution in [2.24, 2.45) is 0 Å². The fourth-order valence-corrected chi connectivity index (χ4v) is 1.73. The summed E-state index contributed by atoms with van der Waals surface area (Å²) in [5, 5.41) is 12.1. The second-order valence-electron chi connectivity index (χ2n) is 4.39. The normalized spacial score (nSPS) is 15.3. The van der Waals surface area contributed by atoms with Gasteiger partial charge in [-0.1, -0.05) is 13.8 Å². The molecule has 0 aliphatic carbocycles. The number of hydrogen-bond acceptors (Lipinski definition) is 3. The Morgan fingerprint density at radius 2 is 1.93 bits per heavy atom. The lowest BCUT2D eigenvalue weighted by Crippen LogP contribution is -2.42. The fourth-order valence-electron chi connectivity index (χ4n) is 1.73. The van der Waals surface area contributed by atoms with Crippen LogP contribution in [0.5, 0.6) is 0 Å². The molecule has 0 aliphatic rings. The van der Waals surface area contributed by atoms with Crippen LogP contribution in [0.1, 0.15) is 40.0 Å². The minimum Gasteiger partial charge on any atom is -0.303 e. The second kappa shape index (κ2) is 6.81. The molecule has 15 heavy (non-hydrogen) atoms. The van der Waals surface area contributed by atoms with E-state index in [-0.39, 0.29) is 5.54 Å². The molecule has 0 heterocycles. The molecule has 0 aromatic heterocycles. The molecule has 0 saturated carbocycles. The number of nitriles is 1. The molecule has 1 atom stereocenters. The lowest BCUT2D eigenvalue weighted by atomic mass is 9.99. The van der Waals surface area contributed by atoms with Gasteiger partial charge in [0.05, 0.1) is 6.07 Å². The summed E-state index contributed by atoms with van der Waals surface area (Å²) in [7, 11) is 3.99. The lowest BCUT2D eigenvalue weighted by molar-refractivity contribution is 0.211. The van der Waals surface area contributed by atoms with Gasteiger partial charge < -0.3 is 10.2 Å². The molecule has 88 valence electrons. The van der Waals surface area contributed by atoms with Crippen molar-refractivity contribution in [1.82, 2.24) is 10.2 Å². The first-order chi connectivity index (χ1) is 7.02. The SMILES string of the molecule is CCC(CC)N(C)CCC(C)(C#N)NC. The Kier molecular flexibility index (Phi) is 6.55. The van der Waals surface area contributed by atoms with Crippen LogP contribution in [0.15, 0.2) is 0 Å². The molecule has 0 aliphatic heterocycles. The van der Waals surface area contributed by atoms with Gasteiger partial charge in [-0.3, -0.25) is 0 Å². The number of nitrogens with zero attached hydrogens (tertiary/aromatic N) is 2. The second-order valence-corrected chi connectivity index (χ2v) is 4.39. The summed E-state index contributed by atoms with van der Waals surface area (Å²) < 4.78 is 0. The molecule has 0 aromatic rings. The average molecular weight is 211 g/mol. The van der Waals surface area contributed by atoms with Gasteiger partial charge in [-0.15, -0.1) is 0 Å². The largest absolute Gasteiger partial charge is 0.303 e. The van der Waals surface area contributed by atoms with Crippen LogP contribution in [0.4, 0.5) is 0 Å². The minimum atomic E-state index is -0.389. The zero-order chi connectivity index (χ0) is 11.9. The van der Waals surface area contributed by atoms with Gasteiger partial charge in [0.15, 0.2) is 0 Å². The third-order valence-electron chi connectivity index (χ3n) is 3.33. The van der Waals surface area contributed by atoms with Gasteiger partial charge in [-0.2, -0.15) is 5.26 Å². The highest BCUT2D eigenvalue weighted by molar-refractivity contribution is 5.03. The van der Waals surface area contributed by atoms with Crippen molar-refractivity contribution in [3.63, 3.8) is 0 Å². The van der Waals surface area contributed by atoms with E-state index in [0.29, 0.717) is 6.04 Å². The smallest absolute Gasteiger partial charge is 0.104 e. The van der Waals surface area contributed by atoms with Crippen LogP contribution in [0, 0.1) is 11.3 Å². The molecule has 0 spiro atoms. The van der Waals surface area contributed by atoms with Gasteiger partial charge in [0, 0.05) is 12.6 Å². The molecule has 0 fully saturated rings. The van der Waals surface area contributed by atoms with Gasteiger partial charge in [-0.25, -0.2) is 0 Å². The van der Waals surface area contributed by atoms with Crippen LogP contribution >= 0.6 is 0 Å². The topological polar surface area (TPSA) is 39.1 Å². The van der Waals surface area contributed by atoms with E-state index >= 15 is 0 Å². The predicted molar refractivity (Wildman–Crippen MR) is 64.7 cm³/mol. The Morgan fingerprint density at radius 3 is 2.27 bits per heavy atom. The van der Waals surface area contributed by atoms with Crippen molar-refractivity contribution >= 4 is 0 Å². The van der Waals surface area contributed by atoms with Gasteiger partial charge in [0.25, 0.3) is 0 Å². The summed E-state index contributed by atoms with van der Waals surface area (Å²) in [6.45, 7) is 7.35. The maximum absolute atomic E-state index is 9.02. The molecule has 1 N–H and O–H groups in total. The summed E-state index contributed by atoms with van der Waals surface area (Å²) >= 11 is 0. The van der Waals surface area contributed by atoms with Crippen LogP contribution in [0.25, 0.3) is 0 Å². The zero-order valence-electron chi connectivity index (χ0n) is 10.8. The Labute approximate surface area is 94.5 Å². The molecule has 3 heteroatoms. The summed E-state index contributed by atoms with van der Waals surface area (Å²) in [6, 6.07) is 2.96. The standard InChI is InChI=1S/C12H25N3/c1-6-11(7-2)15(5)9-8-12(3,10-13)14-4/h11,14H,6-9H2,1-5H3. The molecular weight excluding hydrogens is 186 g/mol. The van der Waals surface area contributed by atoms with E-state index in [4.69, 9.17) is 5.26 Å². The number of hydrogen-bond donors (Lipinski definition) is 1. The van der Waals surface area contributed by atoms with Crippen molar-refractivity contribution in [1.29, 1.82) is 5.26 Å². The van der Waals surface area contributed by atoms with E-state index in [2.05, 4.69) is 37.2 Å². The van der Waals surface area contributed by atoms with E-state index in [1.165, 1.54) is 12.8 Å². The summed E-state index contributed by atoms with van der Waals surface area (Å²) in [5.74, 6) is 0. The molecule has 0 rings (SSSR count). The molecule has 0 aromatic carbocycles. The number of rotatable bonds is 7. The molecule has 1 unspecified atom stereocenters. The van der Waals surface area contributed by atoms with E-state index in [1.54, 1.807) is 0 Å². The van der Waals surface area contributed by atoms with Crippen LogP contribution in [0.3, 0.4) is 0 Å². The van der Waals surface area contributed by atoms with Crippen molar-refractivity contribution in [3.05, 3.63) is 0 Å². The van der Waals surface area contributed by atoms with Crippen LogP contribution in [-0.4, -0.2) is 37.1 Å². The number of nitrogens with one attached hydrogen (secondary N) is 1. The summed E-state index contributed by atoms with van der Waals surface area (Å²) in [4.78, 5) is 2.35. The molecule has 3 nitrogen and oxygen atoms in total. The minimum absolute atomic E-state index is 0.389. The first kappa shape index (κ1) is 14.4. The Hall–Kier alpha value is -0.590. The first-order valence-corrected chi connectivity index (χ1v) is 5.83. The van der Waals surface area contributed by atoms with Crippen LogP contribution in [0.2, 0.25) is 0 Å². The Balaban J connectivity index is 4.10. The van der Waals surface area contributed by atoms with Crippen molar-refractivity contribution in [3.8, 4) is 6.07 Å². The van der Waals surface area contributed by atoms with Gasteiger partial charge in [0.2, 0.25) is 0 Å². The monoisotopic (exact) mass is 211 g/mol. The van der Waals surface area contributed by atoms with Gasteiger partial charge in [-0.05, 0) is 40.3 Å². The first-order valence-electron chi connectivity index (χ1n) is 5.83. The quantitative estimate of drug-likeness (QED) is 0.700. The third kappa shape index (κ3) is 4.63. The van der Waals surface area contributed by atoms with Crippen LogP contribution < -0.4 is 5.32 Å². The zero-order valence-corrected chi connectivity index (χ0v) is 10.8. The Morgan fingerprint density at radius 1 is 1.40 bits per heavy atom. The molecule has 0 saturated heterocycles. The Bertz CT molecular complexity index is 205. The van der Waals surface area contributed by atoms with E-state index in [0.717, 1.165) is 13.0 Å². The molecular formula is C12H25N3. The average Bonchev–Trinajstić information content (AvgIpc) is 2.27. The molecule has 0 radical (unpaired) electrons. The molecule has 0 amide bonds. The van der Waals surface area contributed by atoms with Crippen molar-refractivity contribution < 1.29 is 0 Å². The maximum Gasteiger partial charge on any atom is 0.104 e. The van der Waals surface area contributed by atoms with Crippen LogP contribution in [-0.2, 0) is 0 Å². The summed E-state index contributed by atoms with van der Waals surface area (Å²) in [5.41, 5.74) is -0.389.